The van der Waals surface area contributed by atoms with E-state index in [0.717, 1.165) is 5.75 Å². The van der Waals surface area contributed by atoms with Crippen LogP contribution in [-0.4, -0.2) is 33.3 Å². The van der Waals surface area contributed by atoms with E-state index in [1.165, 1.54) is 18.0 Å². The number of amides is 1. The van der Waals surface area contributed by atoms with Crippen molar-refractivity contribution < 1.29 is 4.79 Å². The van der Waals surface area contributed by atoms with Crippen LogP contribution < -0.4 is 10.9 Å². The molecule has 0 atom stereocenters. The van der Waals surface area contributed by atoms with Crippen LogP contribution >= 0.6 is 23.4 Å². The van der Waals surface area contributed by atoms with Crippen molar-refractivity contribution in [2.45, 2.75) is 0 Å². The van der Waals surface area contributed by atoms with Gasteiger partial charge in [-0.05, 0) is 24.3 Å². The Labute approximate surface area is 135 Å². The number of rotatable bonds is 2. The summed E-state index contributed by atoms with van der Waals surface area (Å²) in [6.07, 6.45) is 1.26. The van der Waals surface area contributed by atoms with Crippen LogP contribution in [0.1, 0.15) is 10.4 Å². The number of thioether (sulfide) groups is 1. The predicted molar refractivity (Wildman–Crippen MR) is 87.5 cm³/mol. The molecule has 8 heteroatoms. The van der Waals surface area contributed by atoms with Crippen molar-refractivity contribution in [1.29, 1.82) is 0 Å². The number of carbonyl (C=O) groups excluding carboxylic acids is 1. The van der Waals surface area contributed by atoms with E-state index in [0.29, 0.717) is 28.1 Å². The molecule has 112 valence electrons. The Bertz CT molecular complexity index is 801. The number of H-pyrrole nitrogens is 1. The Morgan fingerprint density at radius 3 is 2.73 bits per heavy atom. The molecule has 1 aliphatic rings. The SMILES string of the molecule is O=C(NC1=NCCS1)c1cnc(-c2ccc(Cl)cc2)[nH]c1=O. The quantitative estimate of drug-likeness (QED) is 0.878. The fourth-order valence-electron chi connectivity index (χ4n) is 1.89. The molecule has 0 aliphatic carbocycles. The zero-order valence-corrected chi connectivity index (χ0v) is 12.9. The number of benzene rings is 1. The minimum absolute atomic E-state index is 0.0482. The smallest absolute Gasteiger partial charge is 0.264 e. The van der Waals surface area contributed by atoms with Crippen LogP contribution in [0.3, 0.4) is 0 Å². The van der Waals surface area contributed by atoms with Crippen LogP contribution in [0.25, 0.3) is 11.4 Å². The van der Waals surface area contributed by atoms with E-state index in [1.807, 2.05) is 0 Å². The number of aliphatic imine (C=N–C) groups is 1. The van der Waals surface area contributed by atoms with Crippen LogP contribution in [0.15, 0.2) is 40.2 Å². The maximum atomic E-state index is 12.1. The number of nitrogens with one attached hydrogen (secondary N) is 2. The summed E-state index contributed by atoms with van der Waals surface area (Å²) in [6, 6.07) is 6.88. The molecule has 2 aromatic rings. The summed E-state index contributed by atoms with van der Waals surface area (Å²) in [4.78, 5) is 34.9. The van der Waals surface area contributed by atoms with E-state index in [2.05, 4.69) is 20.3 Å². The zero-order valence-electron chi connectivity index (χ0n) is 11.3. The molecular formula is C14H11ClN4O2S. The molecule has 6 nitrogen and oxygen atoms in total. The van der Waals surface area contributed by atoms with Gasteiger partial charge in [0.1, 0.15) is 11.4 Å². The lowest BCUT2D eigenvalue weighted by molar-refractivity contribution is 0.0976. The summed E-state index contributed by atoms with van der Waals surface area (Å²) in [5.74, 6) is 0.704. The molecule has 1 aromatic heterocycles. The summed E-state index contributed by atoms with van der Waals surface area (Å²) in [5.41, 5.74) is 0.165. The normalized spacial score (nSPS) is 13.8. The molecule has 0 saturated carbocycles. The standard InChI is InChI=1S/C14H11ClN4O2S/c15-9-3-1-8(2-4-9)11-17-7-10(12(20)18-11)13(21)19-14-16-5-6-22-14/h1-4,7H,5-6H2,(H,16,19,21)(H,17,18,20). The Kier molecular flexibility index (Phi) is 4.26. The second-order valence-electron chi connectivity index (χ2n) is 4.47. The van der Waals surface area contributed by atoms with Gasteiger partial charge in [0.25, 0.3) is 11.5 Å². The Morgan fingerprint density at radius 2 is 2.09 bits per heavy atom. The van der Waals surface area contributed by atoms with Gasteiger partial charge >= 0.3 is 0 Å². The first kappa shape index (κ1) is 14.8. The molecule has 0 saturated heterocycles. The summed E-state index contributed by atoms with van der Waals surface area (Å²) in [5, 5.41) is 3.73. The van der Waals surface area contributed by atoms with Crippen LogP contribution in [0, 0.1) is 0 Å². The molecule has 2 heterocycles. The maximum absolute atomic E-state index is 12.1. The minimum atomic E-state index is -0.510. The van der Waals surface area contributed by atoms with Gasteiger partial charge in [0, 0.05) is 22.5 Å². The summed E-state index contributed by atoms with van der Waals surface area (Å²) in [7, 11) is 0. The third kappa shape index (κ3) is 3.20. The second kappa shape index (κ2) is 6.33. The number of halogens is 1. The monoisotopic (exact) mass is 334 g/mol. The lowest BCUT2D eigenvalue weighted by atomic mass is 10.2. The van der Waals surface area contributed by atoms with E-state index in [1.54, 1.807) is 24.3 Å². The van der Waals surface area contributed by atoms with E-state index < -0.39 is 11.5 Å². The van der Waals surface area contributed by atoms with Crippen molar-refractivity contribution in [3.63, 3.8) is 0 Å². The summed E-state index contributed by atoms with van der Waals surface area (Å²) >= 11 is 7.27. The molecular weight excluding hydrogens is 324 g/mol. The fraction of sp³-hybridized carbons (Fsp3) is 0.143. The van der Waals surface area contributed by atoms with Gasteiger partial charge in [-0.1, -0.05) is 23.4 Å². The number of carbonyl (C=O) groups is 1. The first-order valence-electron chi connectivity index (χ1n) is 6.47. The third-order valence-corrected chi connectivity index (χ3v) is 4.11. The van der Waals surface area contributed by atoms with Gasteiger partial charge in [-0.3, -0.25) is 14.6 Å². The number of hydrogen-bond donors (Lipinski definition) is 2. The first-order valence-corrected chi connectivity index (χ1v) is 7.84. The lowest BCUT2D eigenvalue weighted by Crippen LogP contribution is -2.32. The molecule has 0 spiro atoms. The lowest BCUT2D eigenvalue weighted by Gasteiger charge is -2.05. The van der Waals surface area contributed by atoms with Crippen LogP contribution in [0.5, 0.6) is 0 Å². The highest BCUT2D eigenvalue weighted by Gasteiger charge is 2.16. The number of hydrogen-bond acceptors (Lipinski definition) is 5. The Hall–Kier alpha value is -2.12. The number of amidine groups is 1. The van der Waals surface area contributed by atoms with Crippen molar-refractivity contribution in [2.75, 3.05) is 12.3 Å². The van der Waals surface area contributed by atoms with Gasteiger partial charge in [-0.15, -0.1) is 0 Å². The molecule has 1 aromatic carbocycles. The van der Waals surface area contributed by atoms with Crippen LogP contribution in [0.2, 0.25) is 5.02 Å². The van der Waals surface area contributed by atoms with Gasteiger partial charge in [0.2, 0.25) is 0 Å². The molecule has 1 amide bonds. The van der Waals surface area contributed by atoms with Crippen molar-refractivity contribution in [3.05, 3.63) is 51.4 Å². The topological polar surface area (TPSA) is 87.2 Å². The summed E-state index contributed by atoms with van der Waals surface area (Å²) < 4.78 is 0. The minimum Gasteiger partial charge on any atom is -0.306 e. The molecule has 0 unspecified atom stereocenters. The highest BCUT2D eigenvalue weighted by molar-refractivity contribution is 8.14. The van der Waals surface area contributed by atoms with Crippen LogP contribution in [-0.2, 0) is 0 Å². The number of nitrogens with zero attached hydrogens (tertiary/aromatic N) is 2. The zero-order chi connectivity index (χ0) is 15.5. The van der Waals surface area contributed by atoms with Gasteiger partial charge in [-0.2, -0.15) is 0 Å². The van der Waals surface area contributed by atoms with Gasteiger partial charge in [-0.25, -0.2) is 4.98 Å². The summed E-state index contributed by atoms with van der Waals surface area (Å²) in [6.45, 7) is 0.671. The van der Waals surface area contributed by atoms with E-state index in [4.69, 9.17) is 11.6 Å². The highest BCUT2D eigenvalue weighted by atomic mass is 35.5. The Balaban J connectivity index is 1.84. The van der Waals surface area contributed by atoms with E-state index >= 15 is 0 Å². The van der Waals surface area contributed by atoms with Gasteiger partial charge in [0.05, 0.1) is 6.54 Å². The average Bonchev–Trinajstić information content (AvgIpc) is 3.00. The van der Waals surface area contributed by atoms with Crippen molar-refractivity contribution >= 4 is 34.4 Å². The fourth-order valence-corrected chi connectivity index (χ4v) is 2.74. The number of aromatic nitrogens is 2. The van der Waals surface area contributed by atoms with E-state index in [9.17, 15) is 9.59 Å². The van der Waals surface area contributed by atoms with Crippen molar-refractivity contribution in [2.24, 2.45) is 4.99 Å². The van der Waals surface area contributed by atoms with Crippen LogP contribution in [0.4, 0.5) is 0 Å². The maximum Gasteiger partial charge on any atom is 0.264 e. The molecule has 0 radical (unpaired) electrons. The molecule has 0 fully saturated rings. The predicted octanol–water partition coefficient (Wildman–Crippen LogP) is 1.92. The largest absolute Gasteiger partial charge is 0.306 e. The van der Waals surface area contributed by atoms with Crippen molar-refractivity contribution in [1.82, 2.24) is 15.3 Å². The molecule has 0 bridgehead atoms. The Morgan fingerprint density at radius 1 is 1.32 bits per heavy atom. The molecule has 2 N–H and O–H groups in total. The third-order valence-electron chi connectivity index (χ3n) is 2.97. The average molecular weight is 335 g/mol. The first-order chi connectivity index (χ1) is 10.6. The van der Waals surface area contributed by atoms with Crippen molar-refractivity contribution in [3.8, 4) is 11.4 Å². The number of aromatic amines is 1. The molecule has 3 rings (SSSR count). The van der Waals surface area contributed by atoms with Gasteiger partial charge < -0.3 is 10.3 Å². The molecule has 1 aliphatic heterocycles. The van der Waals surface area contributed by atoms with E-state index in [-0.39, 0.29) is 5.56 Å². The molecule has 22 heavy (non-hydrogen) atoms. The highest BCUT2D eigenvalue weighted by Crippen LogP contribution is 2.17. The second-order valence-corrected chi connectivity index (χ2v) is 5.99. The van der Waals surface area contributed by atoms with Gasteiger partial charge in [0.15, 0.2) is 5.17 Å².